The molecule has 4 nitrogen and oxygen atoms in total. The van der Waals surface area contributed by atoms with E-state index in [9.17, 15) is 9.18 Å². The molecule has 1 rings (SSSR count). The van der Waals surface area contributed by atoms with E-state index in [4.69, 9.17) is 10.5 Å². The molecule has 0 fully saturated rings. The topological polar surface area (TPSA) is 64.3 Å². The second-order valence-corrected chi connectivity index (χ2v) is 4.54. The van der Waals surface area contributed by atoms with Crippen LogP contribution in [0, 0.1) is 5.82 Å². The molecule has 0 bridgehead atoms. The van der Waals surface area contributed by atoms with Gasteiger partial charge >= 0.3 is 0 Å². The smallest absolute Gasteiger partial charge is 0.260 e. The fourth-order valence-electron chi connectivity index (χ4n) is 1.71. The normalized spacial score (nSPS) is 13.7. The van der Waals surface area contributed by atoms with Crippen LogP contribution in [0.2, 0.25) is 0 Å². The molecular weight excluding hydrogens is 247 g/mol. The van der Waals surface area contributed by atoms with Crippen molar-refractivity contribution < 1.29 is 13.9 Å². The average molecular weight is 268 g/mol. The highest BCUT2D eigenvalue weighted by Crippen LogP contribution is 2.19. The van der Waals surface area contributed by atoms with E-state index in [0.29, 0.717) is 12.2 Å². The molecule has 0 aliphatic rings. The Morgan fingerprint density at radius 1 is 1.47 bits per heavy atom. The number of hydrogen-bond donors (Lipinski definition) is 2. The number of carbonyl (C=O) groups excluding carboxylic acids is 1. The van der Waals surface area contributed by atoms with Crippen molar-refractivity contribution in [3.63, 3.8) is 0 Å². The molecule has 106 valence electrons. The van der Waals surface area contributed by atoms with Crippen LogP contribution in [0.1, 0.15) is 25.8 Å². The number of halogens is 1. The van der Waals surface area contributed by atoms with E-state index >= 15 is 0 Å². The van der Waals surface area contributed by atoms with Gasteiger partial charge in [-0.2, -0.15) is 0 Å². The summed E-state index contributed by atoms with van der Waals surface area (Å²) in [5.41, 5.74) is 6.62. The van der Waals surface area contributed by atoms with Gasteiger partial charge in [0, 0.05) is 19.2 Å². The van der Waals surface area contributed by atoms with Gasteiger partial charge in [-0.3, -0.25) is 4.79 Å². The molecule has 0 heterocycles. The van der Waals surface area contributed by atoms with E-state index in [1.54, 1.807) is 13.0 Å². The lowest BCUT2D eigenvalue weighted by molar-refractivity contribution is -0.126. The predicted molar refractivity (Wildman–Crippen MR) is 72.5 cm³/mol. The Labute approximate surface area is 113 Å². The van der Waals surface area contributed by atoms with E-state index in [1.165, 1.54) is 19.2 Å². The van der Waals surface area contributed by atoms with Gasteiger partial charge in [0.05, 0.1) is 0 Å². The van der Waals surface area contributed by atoms with E-state index < -0.39 is 6.10 Å². The zero-order valence-corrected chi connectivity index (χ0v) is 11.6. The van der Waals surface area contributed by atoms with Crippen molar-refractivity contribution in [2.24, 2.45) is 5.73 Å². The fraction of sp³-hybridized carbons (Fsp3) is 0.500. The molecule has 1 aromatic carbocycles. The van der Waals surface area contributed by atoms with Gasteiger partial charge in [-0.1, -0.05) is 6.92 Å². The van der Waals surface area contributed by atoms with Crippen LogP contribution in [-0.4, -0.2) is 25.1 Å². The first kappa shape index (κ1) is 15.4. The first-order valence-corrected chi connectivity index (χ1v) is 6.39. The summed E-state index contributed by atoms with van der Waals surface area (Å²) in [6.07, 6.45) is 0.736. The number of nitrogens with two attached hydrogens (primary N) is 1. The summed E-state index contributed by atoms with van der Waals surface area (Å²) >= 11 is 0. The van der Waals surface area contributed by atoms with Gasteiger partial charge in [0.25, 0.3) is 5.91 Å². The average Bonchev–Trinajstić information content (AvgIpc) is 2.36. The van der Waals surface area contributed by atoms with Gasteiger partial charge in [0.1, 0.15) is 11.6 Å². The largest absolute Gasteiger partial charge is 0.481 e. The Balaban J connectivity index is 2.81. The highest BCUT2D eigenvalue weighted by molar-refractivity contribution is 5.80. The van der Waals surface area contributed by atoms with Crippen LogP contribution in [0.5, 0.6) is 5.75 Å². The molecule has 1 aromatic rings. The molecular formula is C14H21FN2O2. The first-order valence-electron chi connectivity index (χ1n) is 6.39. The zero-order chi connectivity index (χ0) is 14.4. The minimum atomic E-state index is -0.667. The standard InChI is InChI=1S/C14H21FN2O2/c1-4-12(16)6-10-5-11(15)8-13(7-10)19-9(2)14(18)17-3/h5,7-9,12H,4,6,16H2,1-3H3,(H,17,18). The van der Waals surface area contributed by atoms with Crippen LogP contribution in [0.25, 0.3) is 0 Å². The number of rotatable bonds is 6. The van der Waals surface area contributed by atoms with Crippen molar-refractivity contribution in [2.45, 2.75) is 38.8 Å². The summed E-state index contributed by atoms with van der Waals surface area (Å²) in [7, 11) is 1.53. The van der Waals surface area contributed by atoms with Crippen LogP contribution in [0.4, 0.5) is 4.39 Å². The zero-order valence-electron chi connectivity index (χ0n) is 11.6. The lowest BCUT2D eigenvalue weighted by atomic mass is 10.0. The Morgan fingerprint density at radius 3 is 2.74 bits per heavy atom. The molecule has 2 unspecified atom stereocenters. The second kappa shape index (κ2) is 7.09. The molecule has 0 spiro atoms. The number of hydrogen-bond acceptors (Lipinski definition) is 3. The highest BCUT2D eigenvalue weighted by Gasteiger charge is 2.14. The summed E-state index contributed by atoms with van der Waals surface area (Å²) in [4.78, 5) is 11.4. The van der Waals surface area contributed by atoms with Crippen LogP contribution >= 0.6 is 0 Å². The van der Waals surface area contributed by atoms with Gasteiger partial charge in [-0.15, -0.1) is 0 Å². The van der Waals surface area contributed by atoms with E-state index in [-0.39, 0.29) is 17.8 Å². The predicted octanol–water partition coefficient (Wildman–Crippen LogP) is 1.62. The van der Waals surface area contributed by atoms with Gasteiger partial charge in [-0.25, -0.2) is 4.39 Å². The number of likely N-dealkylation sites (N-methyl/N-ethyl adjacent to an activating group) is 1. The molecule has 2 atom stereocenters. The Morgan fingerprint density at radius 2 is 2.16 bits per heavy atom. The third-order valence-corrected chi connectivity index (χ3v) is 2.88. The Kier molecular flexibility index (Phi) is 5.76. The molecule has 5 heteroatoms. The Hall–Kier alpha value is -1.62. The molecule has 19 heavy (non-hydrogen) atoms. The van der Waals surface area contributed by atoms with Crippen molar-refractivity contribution in [3.8, 4) is 5.75 Å². The summed E-state index contributed by atoms with van der Waals surface area (Å²) in [5.74, 6) is -0.301. The summed E-state index contributed by atoms with van der Waals surface area (Å²) < 4.78 is 18.9. The van der Waals surface area contributed by atoms with Gasteiger partial charge in [0.2, 0.25) is 0 Å². The maximum Gasteiger partial charge on any atom is 0.260 e. The van der Waals surface area contributed by atoms with Crippen molar-refractivity contribution in [1.29, 1.82) is 0 Å². The lowest BCUT2D eigenvalue weighted by Gasteiger charge is -2.15. The maximum atomic E-state index is 13.5. The molecule has 0 radical (unpaired) electrons. The van der Waals surface area contributed by atoms with E-state index in [0.717, 1.165) is 12.0 Å². The SMILES string of the molecule is CCC(N)Cc1cc(F)cc(OC(C)C(=O)NC)c1. The Bertz CT molecular complexity index is 437. The fourth-order valence-corrected chi connectivity index (χ4v) is 1.71. The molecule has 0 aromatic heterocycles. The van der Waals surface area contributed by atoms with Gasteiger partial charge < -0.3 is 15.8 Å². The van der Waals surface area contributed by atoms with Crippen LogP contribution in [0.15, 0.2) is 18.2 Å². The second-order valence-electron chi connectivity index (χ2n) is 4.54. The summed E-state index contributed by atoms with van der Waals surface area (Å²) in [6.45, 7) is 3.59. The molecule has 0 aliphatic carbocycles. The van der Waals surface area contributed by atoms with Gasteiger partial charge in [-0.05, 0) is 37.5 Å². The van der Waals surface area contributed by atoms with Crippen molar-refractivity contribution in [2.75, 3.05) is 7.05 Å². The van der Waals surface area contributed by atoms with Crippen molar-refractivity contribution in [1.82, 2.24) is 5.32 Å². The number of nitrogens with one attached hydrogen (secondary N) is 1. The van der Waals surface area contributed by atoms with E-state index in [1.807, 2.05) is 6.92 Å². The molecule has 3 N–H and O–H groups in total. The lowest BCUT2D eigenvalue weighted by Crippen LogP contribution is -2.33. The number of benzene rings is 1. The minimum absolute atomic E-state index is 0.00832. The third-order valence-electron chi connectivity index (χ3n) is 2.88. The number of ether oxygens (including phenoxy) is 1. The van der Waals surface area contributed by atoms with Gasteiger partial charge in [0.15, 0.2) is 6.10 Å². The van der Waals surface area contributed by atoms with Crippen molar-refractivity contribution >= 4 is 5.91 Å². The highest BCUT2D eigenvalue weighted by atomic mass is 19.1. The maximum absolute atomic E-state index is 13.5. The van der Waals surface area contributed by atoms with Crippen LogP contribution < -0.4 is 15.8 Å². The minimum Gasteiger partial charge on any atom is -0.481 e. The van der Waals surface area contributed by atoms with Crippen molar-refractivity contribution in [3.05, 3.63) is 29.6 Å². The quantitative estimate of drug-likeness (QED) is 0.824. The monoisotopic (exact) mass is 268 g/mol. The van der Waals surface area contributed by atoms with E-state index in [2.05, 4.69) is 5.32 Å². The van der Waals surface area contributed by atoms with Crippen LogP contribution in [-0.2, 0) is 11.2 Å². The third kappa shape index (κ3) is 4.87. The first-order chi connectivity index (χ1) is 8.96. The summed E-state index contributed by atoms with van der Waals surface area (Å²) in [5, 5.41) is 2.48. The molecule has 1 amide bonds. The molecule has 0 aliphatic heterocycles. The molecule has 0 saturated carbocycles. The molecule has 0 saturated heterocycles. The van der Waals surface area contributed by atoms with Crippen LogP contribution in [0.3, 0.4) is 0 Å². The number of amides is 1. The summed E-state index contributed by atoms with van der Waals surface area (Å²) in [6, 6.07) is 4.41. The number of carbonyl (C=O) groups is 1.